The molecule has 0 aliphatic carbocycles. The third-order valence-electron chi connectivity index (χ3n) is 4.53. The molecular formula is C21H20Br6CuO6Zn. The number of alkyl halides is 6. The summed E-state index contributed by atoms with van der Waals surface area (Å²) in [6.07, 6.45) is 12.4. The molecule has 0 aromatic carbocycles. The van der Waals surface area contributed by atoms with Gasteiger partial charge in [0, 0.05) is 49.4 Å². The number of halogens is 6. The molecule has 0 saturated carbocycles. The summed E-state index contributed by atoms with van der Waals surface area (Å²) in [7, 11) is 0. The van der Waals surface area contributed by atoms with Gasteiger partial charge in [0.25, 0.3) is 0 Å². The van der Waals surface area contributed by atoms with Gasteiger partial charge in [-0.1, -0.05) is 120 Å². The van der Waals surface area contributed by atoms with Gasteiger partial charge < -0.3 is 13.9 Å². The van der Waals surface area contributed by atoms with Crippen molar-refractivity contribution in [2.75, 3.05) is 0 Å². The third kappa shape index (κ3) is 12.6. The minimum Gasteiger partial charge on any atom is -0.473 e. The molecule has 0 spiro atoms. The van der Waals surface area contributed by atoms with Gasteiger partial charge in [-0.05, 0) is 12.1 Å². The van der Waals surface area contributed by atoms with Gasteiger partial charge in [-0.15, -0.1) is 0 Å². The Balaban J connectivity index is 0.000000446. The van der Waals surface area contributed by atoms with Crippen LogP contribution in [0.5, 0.6) is 0 Å². The molecule has 1 radical (unpaired) electrons. The van der Waals surface area contributed by atoms with Crippen molar-refractivity contribution in [3.05, 3.63) is 49.0 Å². The van der Waals surface area contributed by atoms with Gasteiger partial charge in [-0.2, -0.15) is 0 Å². The van der Waals surface area contributed by atoms with Crippen LogP contribution in [0.4, 0.5) is 0 Å². The predicted molar refractivity (Wildman–Crippen MR) is 147 cm³/mol. The Labute approximate surface area is 277 Å². The van der Waals surface area contributed by atoms with E-state index in [-0.39, 0.29) is 89.7 Å². The van der Waals surface area contributed by atoms with E-state index in [9.17, 15) is 14.4 Å². The van der Waals surface area contributed by atoms with Crippen LogP contribution in [0.15, 0.2) is 53.4 Å². The second-order valence-corrected chi connectivity index (χ2v) is 15.1. The number of carbonyl (C=O) groups is 3. The molecule has 4 bridgehead atoms. The Kier molecular flexibility index (Phi) is 19.8. The molecule has 1 aromatic rings. The zero-order chi connectivity index (χ0) is 24.5. The summed E-state index contributed by atoms with van der Waals surface area (Å²) in [5, 5.41) is 0. The molecule has 0 N–H and O–H groups in total. The number of Topliss-reactive ketones (excluding diaryl/α,β-unsaturated/α-hetero) is 3. The van der Waals surface area contributed by atoms with E-state index in [4.69, 9.17) is 9.47 Å². The van der Waals surface area contributed by atoms with E-state index in [1.54, 1.807) is 12.5 Å². The number of hydrogen-bond acceptors (Lipinski definition) is 6. The minimum atomic E-state index is -0.265. The first kappa shape index (κ1) is 36.7. The van der Waals surface area contributed by atoms with Crippen molar-refractivity contribution < 1.29 is 64.8 Å². The molecular weight excluding hydrogens is 957 g/mol. The number of ether oxygens (including phenoxy) is 2. The van der Waals surface area contributed by atoms with Crippen LogP contribution in [0.25, 0.3) is 0 Å². The van der Waals surface area contributed by atoms with Crippen LogP contribution in [0, 0.1) is 0 Å². The Morgan fingerprint density at radius 3 is 1.54 bits per heavy atom. The van der Waals surface area contributed by atoms with Crippen LogP contribution in [-0.2, 0) is 60.4 Å². The van der Waals surface area contributed by atoms with Gasteiger partial charge in [0.05, 0.1) is 36.9 Å². The van der Waals surface area contributed by atoms with E-state index in [2.05, 4.69) is 100.0 Å². The monoisotopic (exact) mass is 968 g/mol. The Morgan fingerprint density at radius 2 is 1.23 bits per heavy atom. The maximum atomic E-state index is 11.4. The molecule has 5 rings (SSSR count). The average Bonchev–Trinajstić information content (AvgIpc) is 3.54. The van der Waals surface area contributed by atoms with Crippen molar-refractivity contribution in [2.45, 2.75) is 54.4 Å². The summed E-state index contributed by atoms with van der Waals surface area (Å²) in [5.74, 6) is 0.530. The van der Waals surface area contributed by atoms with Crippen molar-refractivity contribution in [1.29, 1.82) is 0 Å². The van der Waals surface area contributed by atoms with E-state index in [1.165, 1.54) is 0 Å². The van der Waals surface area contributed by atoms with E-state index in [0.29, 0.717) is 18.6 Å². The Morgan fingerprint density at radius 1 is 0.800 bits per heavy atom. The van der Waals surface area contributed by atoms with Crippen molar-refractivity contribution in [2.24, 2.45) is 0 Å². The summed E-state index contributed by atoms with van der Waals surface area (Å²) in [5.41, 5.74) is 0. The SMILES string of the molecule is O=C(C(Br)Br)C(Br)Br.O=C1C(Br)C2C=CC(O2)C1Br.O=C1CC2C=CC(C1)O2.[Cu].[Zn].c1ccoc1. The number of furan rings is 1. The van der Waals surface area contributed by atoms with E-state index in [1.807, 2.05) is 36.4 Å². The Bertz CT molecular complexity index is 790. The summed E-state index contributed by atoms with van der Waals surface area (Å²) in [4.78, 5) is 32.5. The number of fused-ring (bicyclic) bond motifs is 4. The average molecular weight is 977 g/mol. The maximum absolute atomic E-state index is 11.4. The first-order valence-electron chi connectivity index (χ1n) is 9.68. The van der Waals surface area contributed by atoms with Gasteiger partial charge in [0.2, 0.25) is 0 Å². The van der Waals surface area contributed by atoms with Crippen molar-refractivity contribution in [1.82, 2.24) is 0 Å². The van der Waals surface area contributed by atoms with Gasteiger partial charge >= 0.3 is 0 Å². The van der Waals surface area contributed by atoms with Crippen LogP contribution in [0.3, 0.4) is 0 Å². The quantitative estimate of drug-likeness (QED) is 0.201. The topological polar surface area (TPSA) is 82.8 Å². The van der Waals surface area contributed by atoms with Gasteiger partial charge in [0.15, 0.2) is 11.6 Å². The molecule has 195 valence electrons. The zero-order valence-electron chi connectivity index (χ0n) is 17.9. The molecule has 2 fully saturated rings. The first-order valence-corrected chi connectivity index (χ1v) is 15.2. The predicted octanol–water partition coefficient (Wildman–Crippen LogP) is 6.15. The van der Waals surface area contributed by atoms with E-state index >= 15 is 0 Å². The van der Waals surface area contributed by atoms with Crippen LogP contribution in [-0.4, -0.2) is 58.9 Å². The maximum Gasteiger partial charge on any atom is 0.181 e. The zero-order valence-corrected chi connectivity index (χ0v) is 31.3. The first-order chi connectivity index (χ1) is 15.6. The largest absolute Gasteiger partial charge is 0.473 e. The fourth-order valence-corrected chi connectivity index (χ4v) is 6.95. The third-order valence-corrected chi connectivity index (χ3v) is 8.28. The molecule has 35 heavy (non-hydrogen) atoms. The summed E-state index contributed by atoms with van der Waals surface area (Å²) < 4.78 is 14.9. The van der Waals surface area contributed by atoms with E-state index < -0.39 is 0 Å². The molecule has 4 aliphatic heterocycles. The molecule has 5 heterocycles. The second-order valence-electron chi connectivity index (χ2n) is 7.00. The normalized spacial score (nSPS) is 29.0. The molecule has 4 aliphatic rings. The number of ketones is 3. The van der Waals surface area contributed by atoms with Crippen molar-refractivity contribution >= 4 is 113 Å². The molecule has 6 unspecified atom stereocenters. The van der Waals surface area contributed by atoms with Crippen molar-refractivity contribution in [3.63, 3.8) is 0 Å². The molecule has 1 aromatic heterocycles. The molecule has 0 amide bonds. The van der Waals surface area contributed by atoms with Gasteiger partial charge in [-0.25, -0.2) is 0 Å². The fraction of sp³-hybridized carbons (Fsp3) is 0.476. The number of rotatable bonds is 2. The van der Waals surface area contributed by atoms with Crippen molar-refractivity contribution in [3.8, 4) is 0 Å². The second kappa shape index (κ2) is 18.9. The van der Waals surface area contributed by atoms with Crippen LogP contribution in [0.1, 0.15) is 12.8 Å². The van der Waals surface area contributed by atoms with E-state index in [0.717, 1.165) is 0 Å². The number of hydrogen-bond donors (Lipinski definition) is 0. The molecule has 6 nitrogen and oxygen atoms in total. The molecule has 14 heteroatoms. The summed E-state index contributed by atoms with van der Waals surface area (Å²) in [6, 6.07) is 3.67. The minimum absolute atomic E-state index is 0. The fourth-order valence-electron chi connectivity index (χ4n) is 2.95. The van der Waals surface area contributed by atoms with Crippen LogP contribution >= 0.6 is 95.6 Å². The van der Waals surface area contributed by atoms with Crippen LogP contribution in [0.2, 0.25) is 0 Å². The van der Waals surface area contributed by atoms with Gasteiger partial charge in [-0.3, -0.25) is 14.4 Å². The Hall–Kier alpha value is 1.71. The summed E-state index contributed by atoms with van der Waals surface area (Å²) >= 11 is 18.8. The molecule has 2 saturated heterocycles. The standard InChI is InChI=1S/C7H6Br2O2.C7H8O2.C4H4O.C3H2Br4O.Cu.Zn/c8-5-3-1-2-4(11-3)6(9)7(5)10;8-5-3-6-1-2-7(4-5)9-6;1-2-4-5-3-1;4-2(5)1(8)3(6)7;;/h1-6H;1-2,6-7H,3-4H2;1-4H;2-3H;;. The smallest absolute Gasteiger partial charge is 0.181 e. The summed E-state index contributed by atoms with van der Waals surface area (Å²) in [6.45, 7) is 0. The van der Waals surface area contributed by atoms with Crippen LogP contribution < -0.4 is 0 Å². The number of carbonyl (C=O) groups excluding carboxylic acids is 3. The van der Waals surface area contributed by atoms with Gasteiger partial charge in [0.1, 0.15) is 22.9 Å². The molecule has 6 atom stereocenters.